The maximum absolute atomic E-state index is 12.3. The third-order valence-corrected chi connectivity index (χ3v) is 5.77. The van der Waals surface area contributed by atoms with Gasteiger partial charge in [-0.15, -0.1) is 0 Å². The minimum Gasteiger partial charge on any atom is -0.486 e. The molecule has 1 aromatic heterocycles. The molecular weight excluding hydrogens is 404 g/mol. The molecule has 32 heavy (non-hydrogen) atoms. The van der Waals surface area contributed by atoms with Crippen LogP contribution in [0, 0.1) is 0 Å². The fourth-order valence-electron chi connectivity index (χ4n) is 3.89. The van der Waals surface area contributed by atoms with E-state index in [4.69, 9.17) is 4.74 Å². The van der Waals surface area contributed by atoms with E-state index >= 15 is 0 Å². The van der Waals surface area contributed by atoms with E-state index in [-0.39, 0.29) is 17.9 Å². The molecule has 0 saturated carbocycles. The summed E-state index contributed by atoms with van der Waals surface area (Å²) in [7, 11) is 0. The number of hydrogen-bond acceptors (Lipinski definition) is 5. The lowest BCUT2D eigenvalue weighted by Crippen LogP contribution is -2.35. The van der Waals surface area contributed by atoms with Crippen molar-refractivity contribution in [3.05, 3.63) is 71.6 Å². The molecule has 2 amide bonds. The number of fused-ring (bicyclic) bond motifs is 1. The van der Waals surface area contributed by atoms with Gasteiger partial charge in [0, 0.05) is 48.1 Å². The number of likely N-dealkylation sites (N-methyl/N-ethyl adjacent to an activating group) is 1. The number of benzene rings is 1. The van der Waals surface area contributed by atoms with Gasteiger partial charge in [0.2, 0.25) is 0 Å². The predicted octanol–water partition coefficient (Wildman–Crippen LogP) is 3.32. The minimum absolute atomic E-state index is 0.110. The van der Waals surface area contributed by atoms with Crippen molar-refractivity contribution in [3.63, 3.8) is 0 Å². The zero-order valence-electron chi connectivity index (χ0n) is 18.4. The highest BCUT2D eigenvalue weighted by atomic mass is 16.5. The molecule has 166 valence electrons. The Kier molecular flexibility index (Phi) is 6.66. The van der Waals surface area contributed by atoms with Crippen molar-refractivity contribution in [1.29, 1.82) is 0 Å². The van der Waals surface area contributed by atoms with Crippen LogP contribution in [-0.4, -0.2) is 54.0 Å². The molecule has 0 aliphatic carbocycles. The number of pyridine rings is 1. The largest absolute Gasteiger partial charge is 0.486 e. The van der Waals surface area contributed by atoms with E-state index in [2.05, 4.69) is 34.4 Å². The molecule has 3 heterocycles. The van der Waals surface area contributed by atoms with Crippen molar-refractivity contribution < 1.29 is 14.3 Å². The summed E-state index contributed by atoms with van der Waals surface area (Å²) in [6.07, 6.45) is 5.96. The second-order valence-corrected chi connectivity index (χ2v) is 7.76. The first kappa shape index (κ1) is 21.8. The van der Waals surface area contributed by atoms with Crippen LogP contribution >= 0.6 is 0 Å². The molecule has 2 aliphatic rings. The molecule has 2 aliphatic heterocycles. The maximum Gasteiger partial charge on any atom is 0.269 e. The van der Waals surface area contributed by atoms with Crippen LogP contribution < -0.4 is 10.6 Å². The number of ether oxygens (including phenoxy) is 1. The Bertz CT molecular complexity index is 1060. The highest BCUT2D eigenvalue weighted by molar-refractivity contribution is 6.31. The first-order valence-corrected chi connectivity index (χ1v) is 11.1. The average Bonchev–Trinajstić information content (AvgIpc) is 3.41. The molecule has 4 rings (SSSR count). The lowest BCUT2D eigenvalue weighted by atomic mass is 10.0. The molecular formula is C25H28N4O3. The van der Waals surface area contributed by atoms with Crippen molar-refractivity contribution in [1.82, 2.24) is 15.2 Å². The number of para-hydroxylation sites is 1. The predicted molar refractivity (Wildman–Crippen MR) is 125 cm³/mol. The Hall–Kier alpha value is -3.45. The van der Waals surface area contributed by atoms with Crippen LogP contribution in [0.4, 0.5) is 5.69 Å². The summed E-state index contributed by atoms with van der Waals surface area (Å²) in [6.45, 7) is 7.54. The zero-order valence-corrected chi connectivity index (χ0v) is 18.4. The summed E-state index contributed by atoms with van der Waals surface area (Å²) in [5.41, 5.74) is 3.54. The van der Waals surface area contributed by atoms with E-state index < -0.39 is 0 Å². The van der Waals surface area contributed by atoms with Gasteiger partial charge in [-0.05, 0) is 43.4 Å². The number of carbonyl (C=O) groups excluding carboxylic acids is 2. The monoisotopic (exact) mass is 432 g/mol. The number of anilines is 1. The lowest BCUT2D eigenvalue weighted by molar-refractivity contribution is -0.110. The Morgan fingerprint density at radius 2 is 2.06 bits per heavy atom. The smallest absolute Gasteiger partial charge is 0.269 e. The molecule has 2 N–H and O–H groups in total. The zero-order chi connectivity index (χ0) is 22.5. The van der Waals surface area contributed by atoms with E-state index in [9.17, 15) is 9.59 Å². The van der Waals surface area contributed by atoms with E-state index in [1.807, 2.05) is 42.5 Å². The molecule has 1 aromatic carbocycles. The topological polar surface area (TPSA) is 83.6 Å². The fourth-order valence-corrected chi connectivity index (χ4v) is 3.89. The first-order valence-electron chi connectivity index (χ1n) is 11.1. The molecule has 0 saturated heterocycles. The van der Waals surface area contributed by atoms with E-state index in [1.165, 1.54) is 0 Å². The van der Waals surface area contributed by atoms with E-state index in [0.717, 1.165) is 36.4 Å². The average molecular weight is 433 g/mol. The molecule has 1 unspecified atom stereocenters. The molecule has 7 heteroatoms. The molecule has 7 nitrogen and oxygen atoms in total. The van der Waals surface area contributed by atoms with Crippen molar-refractivity contribution in [3.8, 4) is 0 Å². The summed E-state index contributed by atoms with van der Waals surface area (Å²) >= 11 is 0. The van der Waals surface area contributed by atoms with Crippen molar-refractivity contribution >= 4 is 28.8 Å². The number of rotatable bonds is 8. The fraction of sp³-hybridized carbons (Fsp3) is 0.320. The third-order valence-electron chi connectivity index (χ3n) is 5.77. The number of nitrogens with one attached hydrogen (secondary N) is 2. The van der Waals surface area contributed by atoms with Gasteiger partial charge in [0.1, 0.15) is 17.6 Å². The molecule has 2 aromatic rings. The molecule has 0 fully saturated rings. The lowest BCUT2D eigenvalue weighted by Gasteiger charge is -2.17. The summed E-state index contributed by atoms with van der Waals surface area (Å²) in [6, 6.07) is 11.2. The van der Waals surface area contributed by atoms with Crippen LogP contribution in [0.1, 0.15) is 41.9 Å². The maximum atomic E-state index is 12.3. The number of nitrogens with zero attached hydrogens (tertiary/aromatic N) is 2. The Morgan fingerprint density at radius 1 is 1.25 bits per heavy atom. The SMILES string of the molecule is CCN(CC)CCNC(=O)c1ccc(C2=CCC(/C=C3/C(=O)Nc4ccccc43)O2)cn1. The second-order valence-electron chi connectivity index (χ2n) is 7.76. The quantitative estimate of drug-likeness (QED) is 0.626. The van der Waals surface area contributed by atoms with Crippen LogP contribution in [0.5, 0.6) is 0 Å². The van der Waals surface area contributed by atoms with Crippen LogP contribution in [0.25, 0.3) is 11.3 Å². The van der Waals surface area contributed by atoms with Crippen LogP contribution in [0.2, 0.25) is 0 Å². The van der Waals surface area contributed by atoms with E-state index in [1.54, 1.807) is 12.3 Å². The number of carbonyl (C=O) groups is 2. The number of aromatic nitrogens is 1. The Morgan fingerprint density at radius 3 is 2.81 bits per heavy atom. The normalized spacial score (nSPS) is 18.3. The molecule has 1 atom stereocenters. The highest BCUT2D eigenvalue weighted by Gasteiger charge is 2.26. The van der Waals surface area contributed by atoms with Gasteiger partial charge in [0.25, 0.3) is 11.8 Å². The van der Waals surface area contributed by atoms with Crippen LogP contribution in [-0.2, 0) is 9.53 Å². The summed E-state index contributed by atoms with van der Waals surface area (Å²) in [5, 5.41) is 5.79. The standard InChI is InChI=1S/C25H28N4O3/c1-3-29(4-2)14-13-26-25(31)22-11-9-17(16-27-22)23-12-10-18(32-23)15-20-19-7-5-6-8-21(19)28-24(20)30/h5-9,11-12,15-16,18H,3-4,10,13-14H2,1-2H3,(H,26,31)(H,28,30)/b20-15+. The number of hydrogen-bond donors (Lipinski definition) is 2. The van der Waals surface area contributed by atoms with Gasteiger partial charge in [-0.25, -0.2) is 0 Å². The van der Waals surface area contributed by atoms with Gasteiger partial charge in [0.15, 0.2) is 0 Å². The second kappa shape index (κ2) is 9.78. The van der Waals surface area contributed by atoms with Gasteiger partial charge in [-0.1, -0.05) is 32.0 Å². The van der Waals surface area contributed by atoms with Crippen molar-refractivity contribution in [2.24, 2.45) is 0 Å². The summed E-state index contributed by atoms with van der Waals surface area (Å²) < 4.78 is 6.05. The first-order chi connectivity index (χ1) is 15.6. The van der Waals surface area contributed by atoms with Gasteiger partial charge in [0.05, 0.1) is 0 Å². The van der Waals surface area contributed by atoms with E-state index in [0.29, 0.717) is 30.0 Å². The van der Waals surface area contributed by atoms with Crippen molar-refractivity contribution in [2.75, 3.05) is 31.5 Å². The minimum atomic E-state index is -0.222. The number of amides is 2. The Balaban J connectivity index is 1.35. The van der Waals surface area contributed by atoms with Crippen molar-refractivity contribution in [2.45, 2.75) is 26.4 Å². The Labute approximate surface area is 188 Å². The van der Waals surface area contributed by atoms with Gasteiger partial charge in [-0.2, -0.15) is 0 Å². The highest BCUT2D eigenvalue weighted by Crippen LogP contribution is 2.34. The van der Waals surface area contributed by atoms with Crippen LogP contribution in [0.3, 0.4) is 0 Å². The third kappa shape index (κ3) is 4.73. The molecule has 0 bridgehead atoms. The molecule has 0 spiro atoms. The summed E-state index contributed by atoms with van der Waals surface area (Å²) in [4.78, 5) is 31.2. The summed E-state index contributed by atoms with van der Waals surface area (Å²) in [5.74, 6) is 0.416. The van der Waals surface area contributed by atoms with Gasteiger partial charge < -0.3 is 20.3 Å². The van der Waals surface area contributed by atoms with Gasteiger partial charge in [-0.3, -0.25) is 14.6 Å². The van der Waals surface area contributed by atoms with Gasteiger partial charge >= 0.3 is 0 Å². The van der Waals surface area contributed by atoms with Crippen LogP contribution in [0.15, 0.2) is 54.7 Å². The molecule has 0 radical (unpaired) electrons.